The molecular formula is C22H30F2O4. The van der Waals surface area contributed by atoms with Crippen molar-refractivity contribution in [1.29, 1.82) is 0 Å². The lowest BCUT2D eigenvalue weighted by Crippen LogP contribution is -2.37. The third kappa shape index (κ3) is 4.76. The van der Waals surface area contributed by atoms with Crippen LogP contribution in [0.3, 0.4) is 0 Å². The molecular weight excluding hydrogens is 366 g/mol. The van der Waals surface area contributed by atoms with Crippen molar-refractivity contribution in [1.82, 2.24) is 0 Å². The lowest BCUT2D eigenvalue weighted by atomic mass is 9.77. The molecule has 4 nitrogen and oxygen atoms in total. The molecule has 0 bridgehead atoms. The lowest BCUT2D eigenvalue weighted by Gasteiger charge is -2.37. The van der Waals surface area contributed by atoms with Crippen LogP contribution < -0.4 is 9.47 Å². The highest BCUT2D eigenvalue weighted by molar-refractivity contribution is 5.73. The van der Waals surface area contributed by atoms with Crippen molar-refractivity contribution >= 4 is 5.97 Å². The maximum absolute atomic E-state index is 14.0. The Morgan fingerprint density at radius 1 is 1.04 bits per heavy atom. The number of methoxy groups -OCH3 is 1. The molecule has 0 aromatic heterocycles. The number of benzene rings is 1. The normalized spacial score (nSPS) is 27.9. The molecule has 0 N–H and O–H groups in total. The van der Waals surface area contributed by atoms with E-state index in [1.54, 1.807) is 0 Å². The maximum atomic E-state index is 14.0. The van der Waals surface area contributed by atoms with Crippen LogP contribution in [0.2, 0.25) is 0 Å². The molecule has 2 fully saturated rings. The number of hydrogen-bond acceptors (Lipinski definition) is 4. The SMILES string of the molecule is CCCC1CCC(C2CCC(COc3ccc(OC)c(F)c3F)CC2)OC1=O. The van der Waals surface area contributed by atoms with Gasteiger partial charge in [-0.25, -0.2) is 0 Å². The number of hydrogen-bond donors (Lipinski definition) is 0. The van der Waals surface area contributed by atoms with Gasteiger partial charge in [-0.1, -0.05) is 13.3 Å². The van der Waals surface area contributed by atoms with Gasteiger partial charge < -0.3 is 14.2 Å². The summed E-state index contributed by atoms with van der Waals surface area (Å²) in [5.74, 6) is -1.50. The molecule has 0 radical (unpaired) electrons. The van der Waals surface area contributed by atoms with Crippen LogP contribution >= 0.6 is 0 Å². The highest BCUT2D eigenvalue weighted by Crippen LogP contribution is 2.37. The molecule has 1 saturated carbocycles. The van der Waals surface area contributed by atoms with Crippen molar-refractivity contribution in [3.8, 4) is 11.5 Å². The summed E-state index contributed by atoms with van der Waals surface area (Å²) in [6, 6.07) is 2.77. The van der Waals surface area contributed by atoms with E-state index in [1.807, 2.05) is 0 Å². The predicted molar refractivity (Wildman–Crippen MR) is 101 cm³/mol. The van der Waals surface area contributed by atoms with E-state index in [2.05, 4.69) is 6.92 Å². The van der Waals surface area contributed by atoms with E-state index in [0.29, 0.717) is 18.4 Å². The number of cyclic esters (lactones) is 1. The van der Waals surface area contributed by atoms with Gasteiger partial charge in [0.2, 0.25) is 11.6 Å². The Morgan fingerprint density at radius 2 is 1.71 bits per heavy atom. The molecule has 1 aliphatic heterocycles. The van der Waals surface area contributed by atoms with Gasteiger partial charge >= 0.3 is 5.97 Å². The Bertz CT molecular complexity index is 671. The molecule has 156 valence electrons. The zero-order valence-electron chi connectivity index (χ0n) is 16.7. The Labute approximate surface area is 165 Å². The molecule has 2 aliphatic rings. The monoisotopic (exact) mass is 396 g/mol. The standard InChI is InChI=1S/C22H30F2O4/c1-3-4-16-9-10-17(28-22(16)25)15-7-5-14(6-8-15)13-27-19-12-11-18(26-2)20(23)21(19)24/h11-12,14-17H,3-10,13H2,1-2H3. The summed E-state index contributed by atoms with van der Waals surface area (Å²) < 4.78 is 43.8. The first-order chi connectivity index (χ1) is 13.5. The first-order valence-corrected chi connectivity index (χ1v) is 10.4. The van der Waals surface area contributed by atoms with Crippen molar-refractivity contribution in [3.63, 3.8) is 0 Å². The third-order valence-electron chi connectivity index (χ3n) is 6.16. The lowest BCUT2D eigenvalue weighted by molar-refractivity contribution is -0.165. The molecule has 2 atom stereocenters. The van der Waals surface area contributed by atoms with Crippen molar-refractivity contribution in [2.24, 2.45) is 17.8 Å². The molecule has 1 saturated heterocycles. The fourth-order valence-corrected chi connectivity index (χ4v) is 4.45. The fourth-order valence-electron chi connectivity index (χ4n) is 4.45. The molecule has 2 unspecified atom stereocenters. The topological polar surface area (TPSA) is 44.8 Å². The summed E-state index contributed by atoms with van der Waals surface area (Å²) in [7, 11) is 1.30. The smallest absolute Gasteiger partial charge is 0.309 e. The zero-order valence-corrected chi connectivity index (χ0v) is 16.7. The third-order valence-corrected chi connectivity index (χ3v) is 6.16. The van der Waals surface area contributed by atoms with Gasteiger partial charge in [0.25, 0.3) is 0 Å². The number of rotatable bonds is 7. The Morgan fingerprint density at radius 3 is 2.36 bits per heavy atom. The summed E-state index contributed by atoms with van der Waals surface area (Å²) in [4.78, 5) is 12.1. The minimum atomic E-state index is -1.02. The molecule has 3 rings (SSSR count). The Hall–Kier alpha value is -1.85. The van der Waals surface area contributed by atoms with Gasteiger partial charge in [-0.15, -0.1) is 0 Å². The number of ether oxygens (including phenoxy) is 3. The zero-order chi connectivity index (χ0) is 20.1. The summed E-state index contributed by atoms with van der Waals surface area (Å²) in [5, 5.41) is 0. The van der Waals surface area contributed by atoms with E-state index in [9.17, 15) is 13.6 Å². The molecule has 28 heavy (non-hydrogen) atoms. The van der Waals surface area contributed by atoms with Crippen molar-refractivity contribution < 1.29 is 27.8 Å². The second-order valence-corrected chi connectivity index (χ2v) is 8.02. The number of halogens is 2. The average molecular weight is 396 g/mol. The summed E-state index contributed by atoms with van der Waals surface area (Å²) in [6.07, 6.45) is 7.69. The minimum absolute atomic E-state index is 0.0273. The Balaban J connectivity index is 1.45. The molecule has 1 aromatic carbocycles. The van der Waals surface area contributed by atoms with E-state index < -0.39 is 11.6 Å². The van der Waals surface area contributed by atoms with E-state index >= 15 is 0 Å². The van der Waals surface area contributed by atoms with Crippen molar-refractivity contribution in [2.45, 2.75) is 64.4 Å². The van der Waals surface area contributed by atoms with Gasteiger partial charge in [-0.05, 0) is 68.9 Å². The highest BCUT2D eigenvalue weighted by Gasteiger charge is 2.36. The van der Waals surface area contributed by atoms with Gasteiger partial charge in [0.15, 0.2) is 11.5 Å². The number of carbonyl (C=O) groups excluding carboxylic acids is 1. The van der Waals surface area contributed by atoms with Crippen molar-refractivity contribution in [3.05, 3.63) is 23.8 Å². The van der Waals surface area contributed by atoms with Gasteiger partial charge in [0, 0.05) is 0 Å². The quantitative estimate of drug-likeness (QED) is 0.588. The summed E-state index contributed by atoms with van der Waals surface area (Å²) in [6.45, 7) is 2.45. The predicted octanol–water partition coefficient (Wildman–Crippen LogP) is 5.28. The second kappa shape index (κ2) is 9.57. The van der Waals surface area contributed by atoms with Crippen LogP contribution in [0.25, 0.3) is 0 Å². The van der Waals surface area contributed by atoms with Crippen LogP contribution in [0.4, 0.5) is 8.78 Å². The first-order valence-electron chi connectivity index (χ1n) is 10.4. The summed E-state index contributed by atoms with van der Waals surface area (Å²) in [5.41, 5.74) is 0. The highest BCUT2D eigenvalue weighted by atomic mass is 19.2. The van der Waals surface area contributed by atoms with Crippen LogP contribution in [0, 0.1) is 29.4 Å². The van der Waals surface area contributed by atoms with E-state index in [1.165, 1.54) is 19.2 Å². The van der Waals surface area contributed by atoms with Gasteiger partial charge in [0.1, 0.15) is 6.10 Å². The molecule has 1 aliphatic carbocycles. The maximum Gasteiger partial charge on any atom is 0.309 e. The van der Waals surface area contributed by atoms with Crippen molar-refractivity contribution in [2.75, 3.05) is 13.7 Å². The summed E-state index contributed by atoms with van der Waals surface area (Å²) >= 11 is 0. The van der Waals surface area contributed by atoms with E-state index in [4.69, 9.17) is 14.2 Å². The molecule has 1 aromatic rings. The molecule has 6 heteroatoms. The first kappa shape index (κ1) is 20.9. The molecule has 0 amide bonds. The van der Waals surface area contributed by atoms with Crippen LogP contribution in [0.1, 0.15) is 58.3 Å². The van der Waals surface area contributed by atoms with Gasteiger partial charge in [0.05, 0.1) is 19.6 Å². The largest absolute Gasteiger partial charge is 0.494 e. The number of carbonyl (C=O) groups is 1. The minimum Gasteiger partial charge on any atom is -0.494 e. The van der Waals surface area contributed by atoms with Gasteiger partial charge in [-0.3, -0.25) is 4.79 Å². The second-order valence-electron chi connectivity index (χ2n) is 8.02. The van der Waals surface area contributed by atoms with Gasteiger partial charge in [-0.2, -0.15) is 8.78 Å². The Kier molecular flexibility index (Phi) is 7.13. The van der Waals surface area contributed by atoms with Crippen LogP contribution in [-0.2, 0) is 9.53 Å². The average Bonchev–Trinajstić information content (AvgIpc) is 2.71. The van der Waals surface area contributed by atoms with E-state index in [0.717, 1.165) is 51.4 Å². The molecule has 0 spiro atoms. The molecule has 1 heterocycles. The fraction of sp³-hybridized carbons (Fsp3) is 0.682. The van der Waals surface area contributed by atoms with Crippen LogP contribution in [0.15, 0.2) is 12.1 Å². The van der Waals surface area contributed by atoms with Crippen LogP contribution in [-0.4, -0.2) is 25.8 Å². The van der Waals surface area contributed by atoms with E-state index in [-0.39, 0.29) is 29.5 Å². The number of esters is 1. The van der Waals surface area contributed by atoms with Crippen LogP contribution in [0.5, 0.6) is 11.5 Å².